The summed E-state index contributed by atoms with van der Waals surface area (Å²) in [5.41, 5.74) is 3.02. The summed E-state index contributed by atoms with van der Waals surface area (Å²) < 4.78 is 6.38. The normalized spacial score (nSPS) is 32.7. The highest BCUT2D eigenvalue weighted by molar-refractivity contribution is 6.30. The van der Waals surface area contributed by atoms with Gasteiger partial charge in [-0.1, -0.05) is 38.4 Å². The van der Waals surface area contributed by atoms with Crippen molar-refractivity contribution in [3.63, 3.8) is 0 Å². The fourth-order valence-corrected chi connectivity index (χ4v) is 6.49. The number of β-amino-alcohol motifs (C(OH)–C–C–N with tert-alkyl or cyclic N) is 1. The first-order chi connectivity index (χ1) is 13.7. The first-order valence-corrected chi connectivity index (χ1v) is 11.6. The number of nitrogens with zero attached hydrogens (tertiary/aromatic N) is 2. The van der Waals surface area contributed by atoms with Crippen molar-refractivity contribution in [3.05, 3.63) is 28.8 Å². The molecule has 1 aromatic rings. The largest absolute Gasteiger partial charge is 0.389 e. The molecule has 1 N–H and O–H groups in total. The van der Waals surface area contributed by atoms with Gasteiger partial charge in [0.1, 0.15) is 0 Å². The number of piperazine rings is 1. The fourth-order valence-electron chi connectivity index (χ4n) is 6.32. The van der Waals surface area contributed by atoms with E-state index in [9.17, 15) is 5.11 Å². The summed E-state index contributed by atoms with van der Waals surface area (Å²) in [5, 5.41) is 11.4. The lowest BCUT2D eigenvalue weighted by atomic mass is 9.70. The third kappa shape index (κ3) is 4.19. The van der Waals surface area contributed by atoms with Crippen LogP contribution in [0, 0.1) is 23.7 Å². The van der Waals surface area contributed by atoms with Crippen LogP contribution in [0.5, 0.6) is 0 Å². The Kier molecular flexibility index (Phi) is 5.93. The van der Waals surface area contributed by atoms with E-state index in [2.05, 4.69) is 49.6 Å². The molecule has 0 spiro atoms. The zero-order valence-corrected chi connectivity index (χ0v) is 19.2. The standard InChI is InChI=1S/C24H37ClN2O2/c1-17-5-6-19(25)13-21(17)27-11-9-26(10-12-27)15-20(28)16-29-22-23(2,3)18-7-8-24(22,4)14-18/h5-6,13,18,20,22,28H,7-12,14-16H2,1-4H3/t18-,20+,22-,24-/m1/s1. The molecular formula is C24H37ClN2O2. The second-order valence-corrected chi connectivity index (χ2v) is 10.9. The Morgan fingerprint density at radius 2 is 1.93 bits per heavy atom. The molecule has 5 heteroatoms. The number of hydrogen-bond acceptors (Lipinski definition) is 4. The molecule has 1 heterocycles. The number of fused-ring (bicyclic) bond motifs is 2. The van der Waals surface area contributed by atoms with E-state index >= 15 is 0 Å². The van der Waals surface area contributed by atoms with Crippen LogP contribution < -0.4 is 4.90 Å². The van der Waals surface area contributed by atoms with Gasteiger partial charge in [-0.3, -0.25) is 4.90 Å². The Labute approximate surface area is 181 Å². The van der Waals surface area contributed by atoms with Gasteiger partial charge in [-0.15, -0.1) is 0 Å². The Bertz CT molecular complexity index is 727. The Hall–Kier alpha value is -0.810. The van der Waals surface area contributed by atoms with Gasteiger partial charge >= 0.3 is 0 Å². The fraction of sp³-hybridized carbons (Fsp3) is 0.750. The smallest absolute Gasteiger partial charge is 0.0900 e. The van der Waals surface area contributed by atoms with Crippen LogP contribution in [0.2, 0.25) is 5.02 Å². The summed E-state index contributed by atoms with van der Waals surface area (Å²) >= 11 is 6.19. The topological polar surface area (TPSA) is 35.9 Å². The van der Waals surface area contributed by atoms with E-state index in [4.69, 9.17) is 16.3 Å². The van der Waals surface area contributed by atoms with E-state index in [0.29, 0.717) is 18.6 Å². The van der Waals surface area contributed by atoms with E-state index in [1.54, 1.807) is 0 Å². The molecule has 0 radical (unpaired) electrons. The third-order valence-electron chi connectivity index (χ3n) is 7.95. The van der Waals surface area contributed by atoms with Gasteiger partial charge in [-0.25, -0.2) is 0 Å². The van der Waals surface area contributed by atoms with Crippen molar-refractivity contribution < 1.29 is 9.84 Å². The summed E-state index contributed by atoms with van der Waals surface area (Å²) in [4.78, 5) is 4.76. The first-order valence-electron chi connectivity index (χ1n) is 11.2. The summed E-state index contributed by atoms with van der Waals surface area (Å²) in [6.07, 6.45) is 3.74. The SMILES string of the molecule is Cc1ccc(Cl)cc1N1CCN(C[C@H](O)CO[C@@H]2C(C)(C)[C@@H]3CC[C@]2(C)C3)CC1. The average Bonchev–Trinajstić information content (AvgIpc) is 3.15. The highest BCUT2D eigenvalue weighted by Gasteiger charge is 2.60. The minimum atomic E-state index is -0.423. The molecule has 3 fully saturated rings. The van der Waals surface area contributed by atoms with Crippen LogP contribution in [0.3, 0.4) is 0 Å². The lowest BCUT2D eigenvalue weighted by Crippen LogP contribution is -2.50. The quantitative estimate of drug-likeness (QED) is 0.741. The lowest BCUT2D eigenvalue weighted by Gasteiger charge is -2.43. The van der Waals surface area contributed by atoms with Crippen LogP contribution >= 0.6 is 11.6 Å². The number of anilines is 1. The number of benzene rings is 1. The van der Waals surface area contributed by atoms with E-state index in [1.807, 2.05) is 6.07 Å². The summed E-state index contributed by atoms with van der Waals surface area (Å²) in [5.74, 6) is 0.776. The number of hydrogen-bond donors (Lipinski definition) is 1. The van der Waals surface area contributed by atoms with Gasteiger partial charge < -0.3 is 14.7 Å². The molecule has 4 rings (SSSR count). The van der Waals surface area contributed by atoms with Crippen LogP contribution in [0.4, 0.5) is 5.69 Å². The molecule has 1 aliphatic heterocycles. The Balaban J connectivity index is 1.25. The van der Waals surface area contributed by atoms with Gasteiger partial charge in [0.05, 0.1) is 18.8 Å². The van der Waals surface area contributed by atoms with Gasteiger partial charge in [-0.05, 0) is 60.6 Å². The summed E-state index contributed by atoms with van der Waals surface area (Å²) in [6, 6.07) is 6.10. The summed E-state index contributed by atoms with van der Waals surface area (Å²) in [7, 11) is 0. The van der Waals surface area contributed by atoms with Crippen molar-refractivity contribution in [2.75, 3.05) is 44.2 Å². The Morgan fingerprint density at radius 1 is 1.21 bits per heavy atom. The van der Waals surface area contributed by atoms with Gasteiger partial charge in [0, 0.05) is 43.4 Å². The second kappa shape index (κ2) is 8.03. The van der Waals surface area contributed by atoms with Crippen molar-refractivity contribution in [2.24, 2.45) is 16.7 Å². The van der Waals surface area contributed by atoms with Crippen LogP contribution in [0.15, 0.2) is 18.2 Å². The maximum Gasteiger partial charge on any atom is 0.0900 e. The number of aliphatic hydroxyl groups is 1. The average molecular weight is 421 g/mol. The Morgan fingerprint density at radius 3 is 2.59 bits per heavy atom. The number of ether oxygens (including phenoxy) is 1. The zero-order valence-electron chi connectivity index (χ0n) is 18.5. The molecule has 0 unspecified atom stereocenters. The van der Waals surface area contributed by atoms with E-state index in [1.165, 1.54) is 30.5 Å². The van der Waals surface area contributed by atoms with Crippen LogP contribution in [0.25, 0.3) is 0 Å². The van der Waals surface area contributed by atoms with Crippen molar-refractivity contribution >= 4 is 17.3 Å². The molecule has 2 aliphatic carbocycles. The molecular weight excluding hydrogens is 384 g/mol. The second-order valence-electron chi connectivity index (χ2n) is 10.5. The van der Waals surface area contributed by atoms with Crippen LogP contribution in [-0.2, 0) is 4.74 Å². The molecule has 162 valence electrons. The van der Waals surface area contributed by atoms with Crippen molar-refractivity contribution in [2.45, 2.75) is 59.2 Å². The molecule has 29 heavy (non-hydrogen) atoms. The maximum absolute atomic E-state index is 10.7. The van der Waals surface area contributed by atoms with Crippen molar-refractivity contribution in [3.8, 4) is 0 Å². The van der Waals surface area contributed by atoms with Gasteiger partial charge in [-0.2, -0.15) is 0 Å². The van der Waals surface area contributed by atoms with Crippen LogP contribution in [0.1, 0.15) is 45.6 Å². The van der Waals surface area contributed by atoms with E-state index in [0.717, 1.165) is 37.1 Å². The summed E-state index contributed by atoms with van der Waals surface area (Å²) in [6.45, 7) is 14.2. The lowest BCUT2D eigenvalue weighted by molar-refractivity contribution is -0.113. The highest BCUT2D eigenvalue weighted by Crippen LogP contribution is 2.63. The van der Waals surface area contributed by atoms with Gasteiger partial charge in [0.2, 0.25) is 0 Å². The zero-order chi connectivity index (χ0) is 20.8. The molecule has 1 aromatic carbocycles. The van der Waals surface area contributed by atoms with E-state index < -0.39 is 6.10 Å². The monoisotopic (exact) mass is 420 g/mol. The third-order valence-corrected chi connectivity index (χ3v) is 8.18. The molecule has 0 amide bonds. The van der Waals surface area contributed by atoms with Gasteiger partial charge in [0.25, 0.3) is 0 Å². The predicted molar refractivity (Wildman–Crippen MR) is 120 cm³/mol. The molecule has 4 nitrogen and oxygen atoms in total. The van der Waals surface area contributed by atoms with Crippen molar-refractivity contribution in [1.82, 2.24) is 4.90 Å². The molecule has 3 aliphatic rings. The molecule has 2 bridgehead atoms. The molecule has 0 aromatic heterocycles. The molecule has 2 saturated carbocycles. The number of rotatable bonds is 6. The van der Waals surface area contributed by atoms with Gasteiger partial charge in [0.15, 0.2) is 0 Å². The highest BCUT2D eigenvalue weighted by atomic mass is 35.5. The predicted octanol–water partition coefficient (Wildman–Crippen LogP) is 4.36. The van der Waals surface area contributed by atoms with Crippen molar-refractivity contribution in [1.29, 1.82) is 0 Å². The minimum Gasteiger partial charge on any atom is -0.389 e. The number of aryl methyl sites for hydroxylation is 1. The minimum absolute atomic E-state index is 0.229. The maximum atomic E-state index is 10.7. The molecule has 4 atom stereocenters. The number of aliphatic hydroxyl groups excluding tert-OH is 1. The number of halogens is 1. The van der Waals surface area contributed by atoms with E-state index in [-0.39, 0.29) is 11.5 Å². The van der Waals surface area contributed by atoms with Crippen LogP contribution in [-0.4, -0.2) is 61.5 Å². The molecule has 1 saturated heterocycles. The first kappa shape index (κ1) is 21.4.